The van der Waals surface area contributed by atoms with E-state index in [1.54, 1.807) is 0 Å². The second-order valence-corrected chi connectivity index (χ2v) is 5.82. The molecule has 122 valence electrons. The number of hydrogen-bond acceptors (Lipinski definition) is 2. The molecule has 0 radical (unpaired) electrons. The van der Waals surface area contributed by atoms with E-state index >= 15 is 0 Å². The second kappa shape index (κ2) is 6.54. The second-order valence-electron chi connectivity index (χ2n) is 5.82. The first kappa shape index (κ1) is 16.6. The van der Waals surface area contributed by atoms with Crippen molar-refractivity contribution >= 4 is 5.91 Å². The van der Waals surface area contributed by atoms with Crippen LogP contribution in [0.2, 0.25) is 0 Å². The molecule has 2 unspecified atom stereocenters. The molecule has 0 aliphatic heterocycles. The Balaban J connectivity index is 2.06. The van der Waals surface area contributed by atoms with Crippen molar-refractivity contribution in [3.05, 3.63) is 34.2 Å². The molecule has 0 saturated heterocycles. The number of hydrogen-bond donors (Lipinski definition) is 1. The lowest BCUT2D eigenvalue weighted by Gasteiger charge is -2.29. The molecule has 1 N–H and O–H groups in total. The Labute approximate surface area is 126 Å². The van der Waals surface area contributed by atoms with Gasteiger partial charge in [0.2, 0.25) is 5.91 Å². The molecule has 1 heterocycles. The maximum atomic E-state index is 12.6. The van der Waals surface area contributed by atoms with Crippen LogP contribution in [0.1, 0.15) is 38.2 Å². The number of rotatable bonds is 3. The lowest BCUT2D eigenvalue weighted by Crippen LogP contribution is -2.43. The fraction of sp³-hybridized carbons (Fsp3) is 0.600. The summed E-state index contributed by atoms with van der Waals surface area (Å²) >= 11 is 0. The van der Waals surface area contributed by atoms with Gasteiger partial charge < -0.3 is 9.88 Å². The lowest BCUT2D eigenvalue weighted by molar-refractivity contribution is -0.138. The zero-order valence-corrected chi connectivity index (χ0v) is 12.3. The normalized spacial score (nSPS) is 22.4. The first-order valence-corrected chi connectivity index (χ1v) is 7.34. The first-order chi connectivity index (χ1) is 10.3. The van der Waals surface area contributed by atoms with Crippen molar-refractivity contribution in [3.8, 4) is 0 Å². The molecule has 1 saturated carbocycles. The highest BCUT2D eigenvalue weighted by atomic mass is 19.4. The summed E-state index contributed by atoms with van der Waals surface area (Å²) in [6.07, 6.45) is 0.189. The Morgan fingerprint density at radius 2 is 2.00 bits per heavy atom. The van der Waals surface area contributed by atoms with Crippen molar-refractivity contribution in [1.29, 1.82) is 0 Å². The molecule has 7 heteroatoms. The van der Waals surface area contributed by atoms with Crippen LogP contribution in [0.5, 0.6) is 0 Å². The minimum atomic E-state index is -4.54. The number of aromatic nitrogens is 1. The van der Waals surface area contributed by atoms with E-state index in [0.717, 1.165) is 42.4 Å². The maximum Gasteiger partial charge on any atom is 0.417 e. The van der Waals surface area contributed by atoms with Gasteiger partial charge in [-0.2, -0.15) is 13.2 Å². The standard InChI is InChI=1S/C15H19F3N2O2/c1-10-4-2-3-5-12(10)19-13(21)9-20-8-11(15(16,17)18)6-7-14(20)22/h6-8,10,12H,2-5,9H2,1H3,(H,19,21). The minimum absolute atomic E-state index is 0.0303. The highest BCUT2D eigenvalue weighted by molar-refractivity contribution is 5.76. The van der Waals surface area contributed by atoms with Crippen molar-refractivity contribution in [2.75, 3.05) is 0 Å². The number of nitrogens with zero attached hydrogens (tertiary/aromatic N) is 1. The van der Waals surface area contributed by atoms with Crippen molar-refractivity contribution in [2.24, 2.45) is 5.92 Å². The van der Waals surface area contributed by atoms with Crippen LogP contribution >= 0.6 is 0 Å². The summed E-state index contributed by atoms with van der Waals surface area (Å²) < 4.78 is 38.7. The van der Waals surface area contributed by atoms with Crippen molar-refractivity contribution < 1.29 is 18.0 Å². The summed E-state index contributed by atoms with van der Waals surface area (Å²) in [6.45, 7) is 1.65. The van der Waals surface area contributed by atoms with E-state index in [1.807, 2.05) is 6.92 Å². The van der Waals surface area contributed by atoms with Crippen LogP contribution in [-0.2, 0) is 17.5 Å². The predicted molar refractivity (Wildman–Crippen MR) is 75.3 cm³/mol. The largest absolute Gasteiger partial charge is 0.417 e. The molecule has 0 aromatic carbocycles. The summed E-state index contributed by atoms with van der Waals surface area (Å²) in [6, 6.07) is 1.59. The average molecular weight is 316 g/mol. The zero-order chi connectivity index (χ0) is 16.3. The van der Waals surface area contributed by atoms with Crippen LogP contribution in [0, 0.1) is 5.92 Å². The molecule has 1 aliphatic carbocycles. The van der Waals surface area contributed by atoms with Gasteiger partial charge in [-0.05, 0) is 24.8 Å². The molecule has 2 rings (SSSR count). The fourth-order valence-electron chi connectivity index (χ4n) is 2.76. The number of nitrogens with one attached hydrogen (secondary N) is 1. The number of halogens is 3. The van der Waals surface area contributed by atoms with E-state index in [2.05, 4.69) is 5.32 Å². The van der Waals surface area contributed by atoms with Crippen molar-refractivity contribution in [1.82, 2.24) is 9.88 Å². The lowest BCUT2D eigenvalue weighted by atomic mass is 9.86. The highest BCUT2D eigenvalue weighted by Gasteiger charge is 2.31. The summed E-state index contributed by atoms with van der Waals surface area (Å²) in [4.78, 5) is 23.6. The van der Waals surface area contributed by atoms with Gasteiger partial charge in [0, 0.05) is 18.3 Å². The summed E-state index contributed by atoms with van der Waals surface area (Å²) in [5.74, 6) is -0.0869. The van der Waals surface area contributed by atoms with Crippen molar-refractivity contribution in [2.45, 2.75) is 51.4 Å². The third-order valence-electron chi connectivity index (χ3n) is 4.08. The Hall–Kier alpha value is -1.79. The topological polar surface area (TPSA) is 51.1 Å². The van der Waals surface area contributed by atoms with Crippen molar-refractivity contribution in [3.63, 3.8) is 0 Å². The number of pyridine rings is 1. The molecule has 0 bridgehead atoms. The molecule has 2 atom stereocenters. The van der Waals surface area contributed by atoms with Crippen LogP contribution in [0.4, 0.5) is 13.2 Å². The number of carbonyl (C=O) groups excluding carboxylic acids is 1. The van der Waals surface area contributed by atoms with Gasteiger partial charge in [-0.15, -0.1) is 0 Å². The minimum Gasteiger partial charge on any atom is -0.352 e. The van der Waals surface area contributed by atoms with Gasteiger partial charge in [0.15, 0.2) is 0 Å². The molecule has 4 nitrogen and oxygen atoms in total. The third kappa shape index (κ3) is 4.11. The van der Waals surface area contributed by atoms with E-state index in [4.69, 9.17) is 0 Å². The van der Waals surface area contributed by atoms with Gasteiger partial charge in [-0.25, -0.2) is 0 Å². The monoisotopic (exact) mass is 316 g/mol. The molecule has 0 spiro atoms. The molecule has 1 aliphatic rings. The Morgan fingerprint density at radius 3 is 2.64 bits per heavy atom. The van der Waals surface area contributed by atoms with E-state index in [-0.39, 0.29) is 6.04 Å². The smallest absolute Gasteiger partial charge is 0.352 e. The van der Waals surface area contributed by atoms with Gasteiger partial charge in [0.25, 0.3) is 5.56 Å². The quantitative estimate of drug-likeness (QED) is 0.932. The number of alkyl halides is 3. The summed E-state index contributed by atoms with van der Waals surface area (Å²) in [5.41, 5.74) is -1.56. The van der Waals surface area contributed by atoms with Crippen LogP contribution in [0.25, 0.3) is 0 Å². The fourth-order valence-corrected chi connectivity index (χ4v) is 2.76. The van der Waals surface area contributed by atoms with Gasteiger partial charge in [-0.1, -0.05) is 19.8 Å². The van der Waals surface area contributed by atoms with E-state index in [1.165, 1.54) is 0 Å². The first-order valence-electron chi connectivity index (χ1n) is 7.34. The van der Waals surface area contributed by atoms with Crippen LogP contribution < -0.4 is 10.9 Å². The molecular weight excluding hydrogens is 297 g/mol. The summed E-state index contributed by atoms with van der Waals surface area (Å²) in [5, 5.41) is 2.82. The van der Waals surface area contributed by atoms with Gasteiger partial charge in [0.05, 0.1) is 5.56 Å². The molecule has 1 aromatic heterocycles. The summed E-state index contributed by atoms with van der Waals surface area (Å²) in [7, 11) is 0. The molecule has 22 heavy (non-hydrogen) atoms. The highest BCUT2D eigenvalue weighted by Crippen LogP contribution is 2.28. The van der Waals surface area contributed by atoms with E-state index in [0.29, 0.717) is 12.1 Å². The molecular formula is C15H19F3N2O2. The Bertz CT molecular complexity index is 595. The van der Waals surface area contributed by atoms with Crippen LogP contribution in [-0.4, -0.2) is 16.5 Å². The Kier molecular flexibility index (Phi) is 4.93. The molecule has 1 aromatic rings. The van der Waals surface area contributed by atoms with Crippen LogP contribution in [0.3, 0.4) is 0 Å². The number of carbonyl (C=O) groups is 1. The zero-order valence-electron chi connectivity index (χ0n) is 12.3. The number of amides is 1. The third-order valence-corrected chi connectivity index (χ3v) is 4.08. The van der Waals surface area contributed by atoms with E-state index < -0.39 is 29.8 Å². The molecule has 1 amide bonds. The van der Waals surface area contributed by atoms with Crippen LogP contribution in [0.15, 0.2) is 23.1 Å². The SMILES string of the molecule is CC1CCCCC1NC(=O)Cn1cc(C(F)(F)F)ccc1=O. The van der Waals surface area contributed by atoms with E-state index in [9.17, 15) is 22.8 Å². The van der Waals surface area contributed by atoms with Gasteiger partial charge in [-0.3, -0.25) is 9.59 Å². The van der Waals surface area contributed by atoms with Gasteiger partial charge >= 0.3 is 6.18 Å². The average Bonchev–Trinajstić information content (AvgIpc) is 2.42. The molecule has 1 fully saturated rings. The van der Waals surface area contributed by atoms with Gasteiger partial charge in [0.1, 0.15) is 6.54 Å². The predicted octanol–water partition coefficient (Wildman–Crippen LogP) is 2.56. The maximum absolute atomic E-state index is 12.6. The Morgan fingerprint density at radius 1 is 1.32 bits per heavy atom.